The third-order valence-electron chi connectivity index (χ3n) is 3.05. The van der Waals surface area contributed by atoms with E-state index in [2.05, 4.69) is 58.0 Å². The Bertz CT molecular complexity index is 517. The van der Waals surface area contributed by atoms with E-state index in [-0.39, 0.29) is 11.2 Å². The van der Waals surface area contributed by atoms with Crippen molar-refractivity contribution in [2.24, 2.45) is 0 Å². The molecule has 0 aromatic carbocycles. The minimum atomic E-state index is -3.67. The number of alkyl halides is 3. The molecule has 1 aliphatic rings. The summed E-state index contributed by atoms with van der Waals surface area (Å²) < 4.78 is 24.9. The molecule has 102 valence electrons. The lowest BCUT2D eigenvalue weighted by atomic mass is 9.95. The summed E-state index contributed by atoms with van der Waals surface area (Å²) in [5.41, 5.74) is 0. The van der Waals surface area contributed by atoms with Crippen LogP contribution in [0.4, 0.5) is 0 Å². The topological polar surface area (TPSA) is 64.8 Å². The molecule has 1 aliphatic carbocycles. The number of rotatable bonds is 2. The zero-order valence-corrected chi connectivity index (χ0v) is 15.0. The van der Waals surface area contributed by atoms with Gasteiger partial charge in [-0.1, -0.05) is 19.3 Å². The Balaban J connectivity index is 2.39. The second-order valence-corrected chi connectivity index (χ2v) is 14.6. The minimum Gasteiger partial charge on any atom is -0.301 e. The SMILES string of the molecule is O=S(=O)(c1nncn1C1CCCCC1)C(Br)(Br)Br. The zero-order valence-electron chi connectivity index (χ0n) is 9.39. The molecule has 2 rings (SSSR count). The van der Waals surface area contributed by atoms with Crippen LogP contribution < -0.4 is 0 Å². The van der Waals surface area contributed by atoms with E-state index < -0.39 is 11.3 Å². The van der Waals surface area contributed by atoms with E-state index in [1.54, 1.807) is 4.57 Å². The second kappa shape index (κ2) is 5.49. The summed E-state index contributed by atoms with van der Waals surface area (Å²) in [4.78, 5) is 0. The molecule has 0 unspecified atom stereocenters. The normalized spacial score (nSPS) is 19.1. The number of aromatic nitrogens is 3. The Morgan fingerprint density at radius 2 is 1.83 bits per heavy atom. The molecule has 0 amide bonds. The van der Waals surface area contributed by atoms with Gasteiger partial charge in [-0.2, -0.15) is 0 Å². The first-order valence-corrected chi connectivity index (χ1v) is 9.41. The standard InChI is InChI=1S/C9H12Br3N3O2S/c10-9(11,12)18(16,17)8-14-13-6-15(8)7-4-2-1-3-5-7/h6-7H,1-5H2. The molecule has 0 bridgehead atoms. The Morgan fingerprint density at radius 1 is 1.22 bits per heavy atom. The summed E-state index contributed by atoms with van der Waals surface area (Å²) in [6, 6.07) is 0.174. The summed E-state index contributed by atoms with van der Waals surface area (Å²) in [5.74, 6) is 0. The highest BCUT2D eigenvalue weighted by atomic mass is 80.0. The van der Waals surface area contributed by atoms with E-state index in [4.69, 9.17) is 0 Å². The van der Waals surface area contributed by atoms with Gasteiger partial charge in [-0.3, -0.25) is 0 Å². The van der Waals surface area contributed by atoms with Gasteiger partial charge in [-0.15, -0.1) is 10.2 Å². The highest BCUT2D eigenvalue weighted by Gasteiger charge is 2.42. The molecule has 1 aromatic rings. The Labute approximate surface area is 131 Å². The number of hydrogen-bond donors (Lipinski definition) is 0. The number of nitrogens with zero attached hydrogens (tertiary/aromatic N) is 3. The number of sulfone groups is 1. The Morgan fingerprint density at radius 3 is 2.39 bits per heavy atom. The van der Waals surface area contributed by atoms with Crippen molar-refractivity contribution in [2.75, 3.05) is 0 Å². The lowest BCUT2D eigenvalue weighted by Crippen LogP contribution is -2.24. The van der Waals surface area contributed by atoms with E-state index in [1.165, 1.54) is 12.7 Å². The molecule has 18 heavy (non-hydrogen) atoms. The average Bonchev–Trinajstić information content (AvgIpc) is 2.78. The number of halogens is 3. The van der Waals surface area contributed by atoms with Gasteiger partial charge in [-0.25, -0.2) is 8.42 Å². The van der Waals surface area contributed by atoms with Crippen LogP contribution in [0.15, 0.2) is 11.5 Å². The summed E-state index contributed by atoms with van der Waals surface area (Å²) >= 11 is 9.13. The first-order chi connectivity index (χ1) is 8.34. The van der Waals surface area contributed by atoms with Gasteiger partial charge >= 0.3 is 0 Å². The van der Waals surface area contributed by atoms with Crippen molar-refractivity contribution in [2.45, 2.75) is 44.8 Å². The van der Waals surface area contributed by atoms with Crippen LogP contribution in [0.5, 0.6) is 0 Å². The van der Waals surface area contributed by atoms with Crippen molar-refractivity contribution >= 4 is 57.6 Å². The summed E-state index contributed by atoms with van der Waals surface area (Å²) in [6.45, 7) is 0. The van der Waals surface area contributed by atoms with Crippen molar-refractivity contribution < 1.29 is 8.42 Å². The van der Waals surface area contributed by atoms with Crippen molar-refractivity contribution in [3.8, 4) is 0 Å². The van der Waals surface area contributed by atoms with Crippen LogP contribution >= 0.6 is 47.8 Å². The van der Waals surface area contributed by atoms with Crippen LogP contribution in [0.2, 0.25) is 0 Å². The predicted molar refractivity (Wildman–Crippen MR) is 78.8 cm³/mol. The van der Waals surface area contributed by atoms with Crippen molar-refractivity contribution in [1.82, 2.24) is 14.8 Å². The summed E-state index contributed by atoms with van der Waals surface area (Å²) in [6.07, 6.45) is 6.89. The number of hydrogen-bond acceptors (Lipinski definition) is 4. The minimum absolute atomic E-state index is 0.0139. The van der Waals surface area contributed by atoms with Gasteiger partial charge in [0.2, 0.25) is 11.3 Å². The smallest absolute Gasteiger partial charge is 0.253 e. The van der Waals surface area contributed by atoms with E-state index >= 15 is 0 Å². The molecule has 9 heteroatoms. The summed E-state index contributed by atoms with van der Waals surface area (Å²) in [7, 11) is -3.67. The molecular weight excluding hydrogens is 454 g/mol. The Kier molecular flexibility index (Phi) is 4.56. The lowest BCUT2D eigenvalue weighted by Gasteiger charge is -2.24. The van der Waals surface area contributed by atoms with Gasteiger partial charge < -0.3 is 4.57 Å². The van der Waals surface area contributed by atoms with Gasteiger partial charge in [0.25, 0.3) is 5.16 Å². The molecule has 0 saturated heterocycles. The fourth-order valence-electron chi connectivity index (χ4n) is 2.14. The zero-order chi connectivity index (χ0) is 13.4. The third-order valence-corrected chi connectivity index (χ3v) is 8.27. The van der Waals surface area contributed by atoms with Gasteiger partial charge in [-0.05, 0) is 60.6 Å². The maximum atomic E-state index is 12.3. The quantitative estimate of drug-likeness (QED) is 0.628. The first kappa shape index (κ1) is 14.9. The second-order valence-electron chi connectivity index (χ2n) is 4.26. The molecule has 1 saturated carbocycles. The molecule has 0 radical (unpaired) electrons. The molecular formula is C9H12Br3N3O2S. The fourth-order valence-corrected chi connectivity index (χ4v) is 4.28. The molecule has 5 nitrogen and oxygen atoms in total. The van der Waals surface area contributed by atoms with E-state index in [0.717, 1.165) is 25.7 Å². The van der Waals surface area contributed by atoms with E-state index in [1.807, 2.05) is 0 Å². The fraction of sp³-hybridized carbons (Fsp3) is 0.778. The van der Waals surface area contributed by atoms with Gasteiger partial charge in [0.05, 0.1) is 0 Å². The largest absolute Gasteiger partial charge is 0.301 e. The molecule has 0 N–H and O–H groups in total. The molecule has 1 heterocycles. The molecule has 0 aliphatic heterocycles. The third kappa shape index (κ3) is 2.83. The first-order valence-electron chi connectivity index (χ1n) is 5.55. The summed E-state index contributed by atoms with van der Waals surface area (Å²) in [5, 5.41) is 7.50. The van der Waals surface area contributed by atoms with Gasteiger partial charge in [0.15, 0.2) is 0 Å². The van der Waals surface area contributed by atoms with Crippen LogP contribution in [0, 0.1) is 0 Å². The Hall–Kier alpha value is 0.530. The highest BCUT2D eigenvalue weighted by Crippen LogP contribution is 2.43. The predicted octanol–water partition coefficient (Wildman–Crippen LogP) is 3.35. The average molecular weight is 466 g/mol. The van der Waals surface area contributed by atoms with Gasteiger partial charge in [0.1, 0.15) is 6.33 Å². The van der Waals surface area contributed by atoms with Crippen molar-refractivity contribution in [1.29, 1.82) is 0 Å². The van der Waals surface area contributed by atoms with Crippen LogP contribution in [0.25, 0.3) is 0 Å². The van der Waals surface area contributed by atoms with Crippen LogP contribution in [0.3, 0.4) is 0 Å². The van der Waals surface area contributed by atoms with Gasteiger partial charge in [0, 0.05) is 6.04 Å². The van der Waals surface area contributed by atoms with Crippen LogP contribution in [-0.4, -0.2) is 24.7 Å². The van der Waals surface area contributed by atoms with Crippen molar-refractivity contribution in [3.63, 3.8) is 0 Å². The van der Waals surface area contributed by atoms with Crippen LogP contribution in [-0.2, 0) is 9.84 Å². The van der Waals surface area contributed by atoms with Crippen molar-refractivity contribution in [3.05, 3.63) is 6.33 Å². The van der Waals surface area contributed by atoms with E-state index in [0.29, 0.717) is 0 Å². The monoisotopic (exact) mass is 463 g/mol. The van der Waals surface area contributed by atoms with Crippen LogP contribution in [0.1, 0.15) is 38.1 Å². The molecule has 1 aromatic heterocycles. The maximum absolute atomic E-state index is 12.3. The molecule has 1 fully saturated rings. The lowest BCUT2D eigenvalue weighted by molar-refractivity contribution is 0.334. The van der Waals surface area contributed by atoms with E-state index in [9.17, 15) is 8.42 Å². The molecule has 0 atom stereocenters. The maximum Gasteiger partial charge on any atom is 0.253 e. The molecule has 0 spiro atoms. The highest BCUT2D eigenvalue weighted by molar-refractivity contribution is 9.42.